The number of aliphatic hydroxyl groups is 1. The van der Waals surface area contributed by atoms with Crippen molar-refractivity contribution < 1.29 is 14.4 Å². The topological polar surface area (TPSA) is 75.4 Å². The van der Waals surface area contributed by atoms with Crippen molar-refractivity contribution in [3.63, 3.8) is 0 Å². The monoisotopic (exact) mass is 290 g/mol. The van der Waals surface area contributed by atoms with Crippen LogP contribution >= 0.6 is 11.6 Å². The second-order valence-electron chi connectivity index (χ2n) is 3.80. The highest BCUT2D eigenvalue weighted by atomic mass is 35.5. The summed E-state index contributed by atoms with van der Waals surface area (Å²) in [6, 6.07) is 6.43. The number of aliphatic hydroxyl groups excluding tert-OH is 1. The lowest BCUT2D eigenvalue weighted by Crippen LogP contribution is -2.13. The van der Waals surface area contributed by atoms with Gasteiger partial charge >= 0.3 is 0 Å². The number of carbonyl (C=O) groups excluding carboxylic acids is 1. The Morgan fingerprint density at radius 2 is 2.30 bits per heavy atom. The minimum atomic E-state index is -0.411. The summed E-state index contributed by atoms with van der Waals surface area (Å²) in [5.41, 5.74) is 1.26. The van der Waals surface area contributed by atoms with E-state index >= 15 is 0 Å². The lowest BCUT2D eigenvalue weighted by atomic mass is 10.1. The molecule has 1 amide bonds. The Balaban J connectivity index is 2.24. The molecule has 2 aromatic rings. The molecule has 0 radical (unpaired) electrons. The molecule has 0 spiro atoms. The zero-order valence-electron chi connectivity index (χ0n) is 10.4. The number of hydrogen-bond acceptors (Lipinski definition) is 4. The van der Waals surface area contributed by atoms with E-state index in [4.69, 9.17) is 16.7 Å². The Labute approximate surface area is 120 Å². The molecule has 0 fully saturated rings. The van der Waals surface area contributed by atoms with Crippen molar-refractivity contribution in [2.45, 2.75) is 6.42 Å². The number of rotatable bonds is 3. The maximum atomic E-state index is 11.9. The van der Waals surface area contributed by atoms with E-state index in [0.717, 1.165) is 0 Å². The molecule has 2 rings (SSSR count). The van der Waals surface area contributed by atoms with Gasteiger partial charge in [-0.3, -0.25) is 4.79 Å². The van der Waals surface area contributed by atoms with E-state index in [1.54, 1.807) is 18.2 Å². The maximum absolute atomic E-state index is 11.9. The van der Waals surface area contributed by atoms with Crippen LogP contribution in [-0.4, -0.2) is 22.8 Å². The molecule has 1 heterocycles. The molecule has 0 aliphatic rings. The fourth-order valence-electron chi connectivity index (χ4n) is 1.46. The summed E-state index contributed by atoms with van der Waals surface area (Å²) in [5, 5.41) is 15.4. The van der Waals surface area contributed by atoms with Crippen LogP contribution in [0.15, 0.2) is 35.1 Å². The SMILES string of the molecule is O=C(Nc1cc(Cl)ccc1C#CCCO)c1ccon1. The van der Waals surface area contributed by atoms with E-state index in [2.05, 4.69) is 26.8 Å². The molecule has 0 atom stereocenters. The first-order chi connectivity index (χ1) is 9.70. The fraction of sp³-hybridized carbons (Fsp3) is 0.143. The van der Waals surface area contributed by atoms with Crippen LogP contribution in [-0.2, 0) is 0 Å². The number of halogens is 1. The molecule has 1 aromatic carbocycles. The van der Waals surface area contributed by atoms with Crippen LogP contribution in [0.2, 0.25) is 5.02 Å². The van der Waals surface area contributed by atoms with Gasteiger partial charge in [-0.25, -0.2) is 0 Å². The minimum Gasteiger partial charge on any atom is -0.395 e. The zero-order valence-corrected chi connectivity index (χ0v) is 11.1. The number of hydrogen-bond donors (Lipinski definition) is 2. The van der Waals surface area contributed by atoms with Gasteiger partial charge in [0.2, 0.25) is 0 Å². The molecule has 6 heteroatoms. The first-order valence-electron chi connectivity index (χ1n) is 5.81. The third-order valence-electron chi connectivity index (χ3n) is 2.36. The third kappa shape index (κ3) is 3.60. The fourth-order valence-corrected chi connectivity index (χ4v) is 1.63. The molecule has 1 aromatic heterocycles. The summed E-state index contributed by atoms with van der Waals surface area (Å²) in [7, 11) is 0. The van der Waals surface area contributed by atoms with Crippen LogP contribution in [0, 0.1) is 11.8 Å². The van der Waals surface area contributed by atoms with Gasteiger partial charge in [-0.2, -0.15) is 0 Å². The van der Waals surface area contributed by atoms with Crippen molar-refractivity contribution in [3.05, 3.63) is 46.8 Å². The summed E-state index contributed by atoms with van der Waals surface area (Å²) in [6.07, 6.45) is 1.67. The van der Waals surface area contributed by atoms with Gasteiger partial charge in [0, 0.05) is 23.1 Å². The largest absolute Gasteiger partial charge is 0.395 e. The van der Waals surface area contributed by atoms with Crippen molar-refractivity contribution in [2.75, 3.05) is 11.9 Å². The van der Waals surface area contributed by atoms with Crippen molar-refractivity contribution in [1.82, 2.24) is 5.16 Å². The van der Waals surface area contributed by atoms with Crippen molar-refractivity contribution in [1.29, 1.82) is 0 Å². The summed E-state index contributed by atoms with van der Waals surface area (Å²) in [6.45, 7) is -0.0127. The van der Waals surface area contributed by atoms with Gasteiger partial charge < -0.3 is 14.9 Å². The molecular weight excluding hydrogens is 280 g/mol. The third-order valence-corrected chi connectivity index (χ3v) is 2.60. The van der Waals surface area contributed by atoms with Crippen LogP contribution in [0.25, 0.3) is 0 Å². The van der Waals surface area contributed by atoms with Crippen molar-refractivity contribution in [2.24, 2.45) is 0 Å². The van der Waals surface area contributed by atoms with Gasteiger partial charge in [-0.1, -0.05) is 28.6 Å². The van der Waals surface area contributed by atoms with Crippen LogP contribution < -0.4 is 5.32 Å². The number of nitrogens with zero attached hydrogens (tertiary/aromatic N) is 1. The van der Waals surface area contributed by atoms with Gasteiger partial charge in [0.05, 0.1) is 12.3 Å². The van der Waals surface area contributed by atoms with Crippen LogP contribution in [0.5, 0.6) is 0 Å². The van der Waals surface area contributed by atoms with Gasteiger partial charge in [-0.15, -0.1) is 0 Å². The summed E-state index contributed by atoms with van der Waals surface area (Å²) < 4.78 is 4.61. The quantitative estimate of drug-likeness (QED) is 0.851. The normalized spacial score (nSPS) is 9.70. The molecule has 20 heavy (non-hydrogen) atoms. The number of carbonyl (C=O) groups is 1. The lowest BCUT2D eigenvalue weighted by Gasteiger charge is -2.06. The summed E-state index contributed by atoms with van der Waals surface area (Å²) in [5.74, 6) is 5.24. The average molecular weight is 291 g/mol. The highest BCUT2D eigenvalue weighted by molar-refractivity contribution is 6.31. The lowest BCUT2D eigenvalue weighted by molar-refractivity contribution is 0.101. The predicted molar refractivity (Wildman–Crippen MR) is 74.5 cm³/mol. The van der Waals surface area contributed by atoms with Crippen molar-refractivity contribution in [3.8, 4) is 11.8 Å². The first kappa shape index (κ1) is 14.1. The molecular formula is C14H11ClN2O3. The Morgan fingerprint density at radius 3 is 3.00 bits per heavy atom. The number of amides is 1. The second kappa shape index (κ2) is 6.75. The number of aromatic nitrogens is 1. The Morgan fingerprint density at radius 1 is 1.45 bits per heavy atom. The Kier molecular flexibility index (Phi) is 4.77. The molecule has 0 aliphatic heterocycles. The molecule has 102 valence electrons. The summed E-state index contributed by atoms with van der Waals surface area (Å²) >= 11 is 5.91. The molecule has 0 bridgehead atoms. The van der Waals surface area contributed by atoms with E-state index < -0.39 is 5.91 Å². The van der Waals surface area contributed by atoms with E-state index in [-0.39, 0.29) is 12.3 Å². The highest BCUT2D eigenvalue weighted by Crippen LogP contribution is 2.21. The van der Waals surface area contributed by atoms with E-state index in [9.17, 15) is 4.79 Å². The summed E-state index contributed by atoms with van der Waals surface area (Å²) in [4.78, 5) is 11.9. The Bertz CT molecular complexity index is 657. The predicted octanol–water partition coefficient (Wildman–Crippen LogP) is 2.31. The van der Waals surface area contributed by atoms with E-state index in [1.807, 2.05) is 0 Å². The minimum absolute atomic E-state index is 0.0127. The van der Waals surface area contributed by atoms with Crippen molar-refractivity contribution >= 4 is 23.2 Å². The van der Waals surface area contributed by atoms with Crippen LogP contribution in [0.1, 0.15) is 22.5 Å². The van der Waals surface area contributed by atoms with Gasteiger partial charge in [0.1, 0.15) is 6.26 Å². The van der Waals surface area contributed by atoms with E-state index in [1.165, 1.54) is 12.3 Å². The first-order valence-corrected chi connectivity index (χ1v) is 6.19. The highest BCUT2D eigenvalue weighted by Gasteiger charge is 2.11. The van der Waals surface area contributed by atoms with Crippen LogP contribution in [0.4, 0.5) is 5.69 Å². The Hall–Kier alpha value is -2.29. The zero-order chi connectivity index (χ0) is 14.4. The maximum Gasteiger partial charge on any atom is 0.277 e. The average Bonchev–Trinajstić information content (AvgIpc) is 2.95. The molecule has 2 N–H and O–H groups in total. The standard InChI is InChI=1S/C14H11ClN2O3/c15-11-5-4-10(3-1-2-7-18)13(9-11)16-14(19)12-6-8-20-17-12/h4-6,8-9,18H,2,7H2,(H,16,19). The number of anilines is 1. The molecule has 0 unspecified atom stereocenters. The van der Waals surface area contributed by atoms with Gasteiger partial charge in [-0.05, 0) is 18.2 Å². The smallest absolute Gasteiger partial charge is 0.277 e. The second-order valence-corrected chi connectivity index (χ2v) is 4.24. The van der Waals surface area contributed by atoms with Gasteiger partial charge in [0.15, 0.2) is 5.69 Å². The number of benzene rings is 1. The molecule has 0 aliphatic carbocycles. The van der Waals surface area contributed by atoms with Gasteiger partial charge in [0.25, 0.3) is 5.91 Å². The number of nitrogens with one attached hydrogen (secondary N) is 1. The molecule has 0 saturated carbocycles. The van der Waals surface area contributed by atoms with E-state index in [0.29, 0.717) is 22.7 Å². The molecule has 0 saturated heterocycles. The molecule has 5 nitrogen and oxygen atoms in total. The van der Waals surface area contributed by atoms with Crippen LogP contribution in [0.3, 0.4) is 0 Å².